The lowest BCUT2D eigenvalue weighted by molar-refractivity contribution is -0.669. The average Bonchev–Trinajstić information content (AvgIpc) is 3.01. The first-order chi connectivity index (χ1) is 14.4. The number of benzene rings is 1. The van der Waals surface area contributed by atoms with Crippen molar-refractivity contribution in [2.24, 2.45) is 0 Å². The number of para-hydroxylation sites is 2. The van der Waals surface area contributed by atoms with Crippen molar-refractivity contribution in [1.82, 2.24) is 19.9 Å². The van der Waals surface area contributed by atoms with Crippen molar-refractivity contribution in [2.75, 3.05) is 18.1 Å². The number of imidazole rings is 1. The van der Waals surface area contributed by atoms with Crippen LogP contribution in [-0.4, -0.2) is 33.0 Å². The molecule has 0 atom stereocenters. The van der Waals surface area contributed by atoms with Gasteiger partial charge >= 0.3 is 5.97 Å². The smallest absolute Gasteiger partial charge is 0.348 e. The summed E-state index contributed by atoms with van der Waals surface area (Å²) in [4.78, 5) is 32.6. The van der Waals surface area contributed by atoms with Crippen LogP contribution >= 0.6 is 11.6 Å². The van der Waals surface area contributed by atoms with Gasteiger partial charge in [-0.2, -0.15) is 0 Å². The van der Waals surface area contributed by atoms with Gasteiger partial charge in [-0.05, 0) is 26.0 Å². The van der Waals surface area contributed by atoms with Crippen molar-refractivity contribution in [3.05, 3.63) is 40.9 Å². The van der Waals surface area contributed by atoms with Crippen molar-refractivity contribution in [2.45, 2.75) is 33.5 Å². The van der Waals surface area contributed by atoms with Crippen LogP contribution in [0.1, 0.15) is 30.2 Å². The lowest BCUT2D eigenvalue weighted by Crippen LogP contribution is -2.44. The van der Waals surface area contributed by atoms with Crippen LogP contribution in [0.2, 0.25) is 5.15 Å². The van der Waals surface area contributed by atoms with Gasteiger partial charge in [0.1, 0.15) is 6.54 Å². The Morgan fingerprint density at radius 2 is 1.93 bits per heavy atom. The van der Waals surface area contributed by atoms with Gasteiger partial charge in [-0.1, -0.05) is 23.7 Å². The fourth-order valence-electron chi connectivity index (χ4n) is 3.25. The number of carbonyl (C=O) groups excluding carboxylic acids is 2. The summed E-state index contributed by atoms with van der Waals surface area (Å²) in [6.07, 6.45) is 0. The Bertz CT molecular complexity index is 1110. The number of amides is 1. The highest BCUT2D eigenvalue weighted by atomic mass is 35.5. The number of nitrogens with two attached hydrogens (primary N) is 2. The Morgan fingerprint density at radius 1 is 1.20 bits per heavy atom. The van der Waals surface area contributed by atoms with Gasteiger partial charge in [0, 0.05) is 0 Å². The fraction of sp³-hybridized carbons (Fsp3) is 0.316. The molecule has 2 aromatic heterocycles. The summed E-state index contributed by atoms with van der Waals surface area (Å²) in [5.41, 5.74) is 13.0. The molecule has 0 saturated carbocycles. The normalized spacial score (nSPS) is 10.9. The van der Waals surface area contributed by atoms with Crippen molar-refractivity contribution < 1.29 is 18.9 Å². The molecule has 0 saturated heterocycles. The van der Waals surface area contributed by atoms with Gasteiger partial charge in [0.05, 0.1) is 13.2 Å². The first kappa shape index (κ1) is 21.3. The minimum atomic E-state index is -0.558. The number of halogens is 1. The molecule has 3 aromatic rings. The van der Waals surface area contributed by atoms with Gasteiger partial charge < -0.3 is 21.5 Å². The van der Waals surface area contributed by atoms with E-state index in [1.54, 1.807) is 6.92 Å². The van der Waals surface area contributed by atoms with Gasteiger partial charge in [0.15, 0.2) is 40.1 Å². The second-order valence-electron chi connectivity index (χ2n) is 6.36. The molecule has 0 bridgehead atoms. The molecular weight excluding hydrogens is 410 g/mol. The topological polar surface area (TPSA) is 142 Å². The monoisotopic (exact) mass is 432 g/mol. The van der Waals surface area contributed by atoms with E-state index in [1.165, 1.54) is 0 Å². The SMILES string of the molecule is CCOC(=O)C[n+]1c(CNC(=O)c2nc(Cl)c(N)nc2N)n(CC)c2ccccc21. The zero-order chi connectivity index (χ0) is 21.8. The van der Waals surface area contributed by atoms with Gasteiger partial charge in [-0.25, -0.2) is 23.9 Å². The summed E-state index contributed by atoms with van der Waals surface area (Å²) in [5.74, 6) is -0.380. The molecule has 0 fully saturated rings. The molecule has 1 amide bonds. The van der Waals surface area contributed by atoms with Crippen LogP contribution in [0.25, 0.3) is 11.0 Å². The molecule has 3 rings (SSSR count). The van der Waals surface area contributed by atoms with Gasteiger partial charge in [-0.15, -0.1) is 0 Å². The van der Waals surface area contributed by atoms with Gasteiger partial charge in [0.2, 0.25) is 0 Å². The summed E-state index contributed by atoms with van der Waals surface area (Å²) >= 11 is 5.87. The minimum Gasteiger partial charge on any atom is -0.463 e. The predicted molar refractivity (Wildman–Crippen MR) is 111 cm³/mol. The molecule has 0 aliphatic rings. The van der Waals surface area contributed by atoms with Crippen LogP contribution in [0.3, 0.4) is 0 Å². The minimum absolute atomic E-state index is 0.0161. The molecule has 5 N–H and O–H groups in total. The Labute approximate surface area is 177 Å². The maximum Gasteiger partial charge on any atom is 0.348 e. The van der Waals surface area contributed by atoms with Crippen LogP contribution in [-0.2, 0) is 29.2 Å². The Kier molecular flexibility index (Phi) is 6.36. The number of nitrogen functional groups attached to an aromatic ring is 2. The van der Waals surface area contributed by atoms with Crippen LogP contribution in [0.5, 0.6) is 0 Å². The quantitative estimate of drug-likeness (QED) is 0.374. The summed E-state index contributed by atoms with van der Waals surface area (Å²) in [7, 11) is 0. The number of rotatable bonds is 7. The predicted octanol–water partition coefficient (Wildman–Crippen LogP) is 1.05. The van der Waals surface area contributed by atoms with Crippen molar-refractivity contribution in [3.8, 4) is 0 Å². The molecule has 0 radical (unpaired) electrons. The number of ether oxygens (including phenoxy) is 1. The van der Waals surface area contributed by atoms with Crippen molar-refractivity contribution >= 4 is 46.1 Å². The number of anilines is 2. The van der Waals surface area contributed by atoms with E-state index in [0.717, 1.165) is 11.0 Å². The van der Waals surface area contributed by atoms with Crippen LogP contribution in [0.4, 0.5) is 11.6 Å². The number of nitrogens with one attached hydrogen (secondary N) is 1. The third-order valence-corrected chi connectivity index (χ3v) is 4.80. The third-order valence-electron chi connectivity index (χ3n) is 4.52. The average molecular weight is 433 g/mol. The van der Waals surface area contributed by atoms with Gasteiger partial charge in [0.25, 0.3) is 11.7 Å². The summed E-state index contributed by atoms with van der Waals surface area (Å²) in [6.45, 7) is 4.79. The molecule has 10 nitrogen and oxygen atoms in total. The zero-order valence-corrected chi connectivity index (χ0v) is 17.4. The maximum atomic E-state index is 12.6. The second-order valence-corrected chi connectivity index (χ2v) is 6.71. The summed E-state index contributed by atoms with van der Waals surface area (Å²) < 4.78 is 8.95. The van der Waals surface area contributed by atoms with Crippen LogP contribution in [0.15, 0.2) is 24.3 Å². The Morgan fingerprint density at radius 3 is 2.63 bits per heavy atom. The van der Waals surface area contributed by atoms with E-state index in [-0.39, 0.29) is 48.1 Å². The lowest BCUT2D eigenvalue weighted by atomic mass is 10.3. The van der Waals surface area contributed by atoms with Crippen molar-refractivity contribution in [1.29, 1.82) is 0 Å². The molecule has 30 heavy (non-hydrogen) atoms. The number of hydrogen-bond acceptors (Lipinski definition) is 7. The highest BCUT2D eigenvalue weighted by molar-refractivity contribution is 6.31. The Hall–Kier alpha value is -3.40. The van der Waals surface area contributed by atoms with E-state index in [2.05, 4.69) is 15.3 Å². The number of fused-ring (bicyclic) bond motifs is 1. The van der Waals surface area contributed by atoms with E-state index in [0.29, 0.717) is 12.4 Å². The molecular formula is C19H23ClN7O3+. The highest BCUT2D eigenvalue weighted by Gasteiger charge is 2.27. The second kappa shape index (κ2) is 8.95. The lowest BCUT2D eigenvalue weighted by Gasteiger charge is -2.08. The number of nitrogens with zero attached hydrogens (tertiary/aromatic N) is 4. The van der Waals surface area contributed by atoms with Gasteiger partial charge in [-0.3, -0.25) is 4.79 Å². The molecule has 0 aliphatic carbocycles. The van der Waals surface area contributed by atoms with E-state index >= 15 is 0 Å². The molecule has 0 spiro atoms. The first-order valence-electron chi connectivity index (χ1n) is 9.39. The van der Waals surface area contributed by atoms with Crippen LogP contribution in [0, 0.1) is 0 Å². The molecule has 2 heterocycles. The standard InChI is InChI=1S/C19H22ClN7O3/c1-3-26-11-7-5-6-8-12(11)27(10-14(28)30-4-2)13(26)9-23-19(29)15-17(21)25-18(22)16(20)24-15/h5-8H,3-4,9-10H2,1-2H3,(H4-,21,22,23,25,29)/p+1. The number of carbonyl (C=O) groups is 2. The maximum absolute atomic E-state index is 12.6. The highest BCUT2D eigenvalue weighted by Crippen LogP contribution is 2.18. The number of aryl methyl sites for hydroxylation is 1. The summed E-state index contributed by atoms with van der Waals surface area (Å²) in [5, 5.41) is 2.67. The zero-order valence-electron chi connectivity index (χ0n) is 16.7. The molecule has 0 unspecified atom stereocenters. The van der Waals surface area contributed by atoms with E-state index < -0.39 is 5.91 Å². The van der Waals surface area contributed by atoms with E-state index in [1.807, 2.05) is 40.3 Å². The fourth-order valence-corrected chi connectivity index (χ4v) is 3.38. The molecule has 11 heteroatoms. The Balaban J connectivity index is 1.95. The van der Waals surface area contributed by atoms with Crippen LogP contribution < -0.4 is 21.4 Å². The number of aromatic nitrogens is 4. The summed E-state index contributed by atoms with van der Waals surface area (Å²) in [6, 6.07) is 7.67. The van der Waals surface area contributed by atoms with E-state index in [4.69, 9.17) is 27.8 Å². The third kappa shape index (κ3) is 4.13. The van der Waals surface area contributed by atoms with Crippen molar-refractivity contribution in [3.63, 3.8) is 0 Å². The molecule has 1 aromatic carbocycles. The molecule has 158 valence electrons. The number of esters is 1. The van der Waals surface area contributed by atoms with E-state index in [9.17, 15) is 9.59 Å². The first-order valence-corrected chi connectivity index (χ1v) is 9.77. The largest absolute Gasteiger partial charge is 0.463 e. The number of hydrogen-bond donors (Lipinski definition) is 3. The molecule has 0 aliphatic heterocycles.